The van der Waals surface area contributed by atoms with E-state index >= 15 is 0 Å². The van der Waals surface area contributed by atoms with Crippen LogP contribution in [0.4, 0.5) is 0 Å². The molecule has 3 nitrogen and oxygen atoms in total. The Morgan fingerprint density at radius 1 is 1.04 bits per heavy atom. The van der Waals surface area contributed by atoms with Gasteiger partial charge in [0.05, 0.1) is 11.1 Å². The van der Waals surface area contributed by atoms with Crippen LogP contribution in [0.15, 0.2) is 18.2 Å². The average Bonchev–Trinajstić information content (AvgIpc) is 2.79. The maximum Gasteiger partial charge on any atom is 0.261 e. The van der Waals surface area contributed by atoms with Crippen molar-refractivity contribution in [3.8, 4) is 0 Å². The molecule has 0 atom stereocenters. The Kier molecular flexibility index (Phi) is 5.07. The number of carbonyl (C=O) groups excluding carboxylic acids is 2. The van der Waals surface area contributed by atoms with Crippen molar-refractivity contribution in [3.05, 3.63) is 34.9 Å². The largest absolute Gasteiger partial charge is 0.274 e. The summed E-state index contributed by atoms with van der Waals surface area (Å²) in [6.07, 6.45) is 7.59. The highest BCUT2D eigenvalue weighted by atomic mass is 16.2. The second-order valence-corrected chi connectivity index (χ2v) is 8.16. The summed E-state index contributed by atoms with van der Waals surface area (Å²) in [4.78, 5) is 26.3. The van der Waals surface area contributed by atoms with Gasteiger partial charge in [0.25, 0.3) is 11.8 Å². The lowest BCUT2D eigenvalue weighted by Crippen LogP contribution is -2.33. The molecule has 0 aromatic heterocycles. The van der Waals surface area contributed by atoms with E-state index in [9.17, 15) is 9.59 Å². The number of fused-ring (bicyclic) bond motifs is 1. The molecular formula is C21H29NO2. The Balaban J connectivity index is 1.66. The first kappa shape index (κ1) is 17.2. The van der Waals surface area contributed by atoms with E-state index in [2.05, 4.69) is 6.92 Å². The predicted octanol–water partition coefficient (Wildman–Crippen LogP) is 4.70. The molecule has 0 unspecified atom stereocenters. The minimum atomic E-state index is -0.128. The zero-order valence-corrected chi connectivity index (χ0v) is 15.2. The van der Waals surface area contributed by atoms with E-state index in [1.165, 1.54) is 42.6 Å². The van der Waals surface area contributed by atoms with Gasteiger partial charge in [0, 0.05) is 6.54 Å². The summed E-state index contributed by atoms with van der Waals surface area (Å²) in [5, 5.41) is 0. The van der Waals surface area contributed by atoms with Gasteiger partial charge in [-0.05, 0) is 48.3 Å². The van der Waals surface area contributed by atoms with Gasteiger partial charge in [-0.3, -0.25) is 14.5 Å². The molecule has 1 saturated carbocycles. The van der Waals surface area contributed by atoms with Crippen LogP contribution in [0.2, 0.25) is 0 Å². The third-order valence-electron chi connectivity index (χ3n) is 5.56. The van der Waals surface area contributed by atoms with Gasteiger partial charge in [0.1, 0.15) is 0 Å². The van der Waals surface area contributed by atoms with E-state index < -0.39 is 0 Å². The number of imide groups is 1. The average molecular weight is 327 g/mol. The van der Waals surface area contributed by atoms with Crippen LogP contribution < -0.4 is 0 Å². The Labute approximate surface area is 145 Å². The van der Waals surface area contributed by atoms with Gasteiger partial charge in [0.15, 0.2) is 0 Å². The molecule has 0 spiro atoms. The van der Waals surface area contributed by atoms with Gasteiger partial charge in [-0.25, -0.2) is 0 Å². The van der Waals surface area contributed by atoms with E-state index in [4.69, 9.17) is 0 Å². The highest BCUT2D eigenvalue weighted by Gasteiger charge is 2.35. The number of amides is 2. The standard InChI is InChI=1S/C21H29NO2/c1-14(2)13-22-20(23)18-11-10-17(12-19(18)21(22)24)9-8-16-6-4-15(3)5-7-16/h10-12,14-16H,4-9,13H2,1-3H3. The van der Waals surface area contributed by atoms with Crippen molar-refractivity contribution < 1.29 is 9.59 Å². The molecule has 0 radical (unpaired) electrons. The Bertz CT molecular complexity index is 627. The smallest absolute Gasteiger partial charge is 0.261 e. The van der Waals surface area contributed by atoms with Crippen molar-refractivity contribution in [1.82, 2.24) is 4.90 Å². The molecular weight excluding hydrogens is 298 g/mol. The van der Waals surface area contributed by atoms with Crippen molar-refractivity contribution in [2.24, 2.45) is 17.8 Å². The molecule has 1 heterocycles. The second kappa shape index (κ2) is 7.08. The highest BCUT2D eigenvalue weighted by Crippen LogP contribution is 2.32. The Hall–Kier alpha value is -1.64. The first-order valence-electron chi connectivity index (χ1n) is 9.44. The van der Waals surface area contributed by atoms with Crippen LogP contribution >= 0.6 is 0 Å². The summed E-state index contributed by atoms with van der Waals surface area (Å²) in [7, 11) is 0. The molecule has 3 rings (SSSR count). The lowest BCUT2D eigenvalue weighted by Gasteiger charge is -2.26. The van der Waals surface area contributed by atoms with Crippen molar-refractivity contribution >= 4 is 11.8 Å². The summed E-state index contributed by atoms with van der Waals surface area (Å²) in [6.45, 7) is 6.91. The normalized spacial score (nSPS) is 23.9. The van der Waals surface area contributed by atoms with Gasteiger partial charge in [0.2, 0.25) is 0 Å². The molecule has 2 aliphatic rings. The fourth-order valence-electron chi connectivity index (χ4n) is 4.01. The first-order chi connectivity index (χ1) is 11.5. The van der Waals surface area contributed by atoms with E-state index in [-0.39, 0.29) is 11.8 Å². The molecule has 1 aromatic rings. The van der Waals surface area contributed by atoms with Crippen LogP contribution in [0.1, 0.15) is 79.2 Å². The van der Waals surface area contributed by atoms with E-state index in [0.29, 0.717) is 23.6 Å². The van der Waals surface area contributed by atoms with Gasteiger partial charge in [-0.2, -0.15) is 0 Å². The maximum absolute atomic E-state index is 12.5. The lowest BCUT2D eigenvalue weighted by atomic mass is 9.80. The molecule has 1 aliphatic carbocycles. The van der Waals surface area contributed by atoms with Crippen LogP contribution in [-0.4, -0.2) is 23.3 Å². The summed E-state index contributed by atoms with van der Waals surface area (Å²) < 4.78 is 0. The topological polar surface area (TPSA) is 37.4 Å². The van der Waals surface area contributed by atoms with Crippen LogP contribution in [0.25, 0.3) is 0 Å². The number of rotatable bonds is 5. The molecule has 0 saturated heterocycles. The SMILES string of the molecule is CC(C)CN1C(=O)c2ccc(CCC3CCC(C)CC3)cc2C1=O. The van der Waals surface area contributed by atoms with Crippen molar-refractivity contribution in [2.75, 3.05) is 6.54 Å². The summed E-state index contributed by atoms with van der Waals surface area (Å²) in [5.74, 6) is 1.76. The Morgan fingerprint density at radius 3 is 2.38 bits per heavy atom. The molecule has 130 valence electrons. The number of hydrogen-bond donors (Lipinski definition) is 0. The number of carbonyl (C=O) groups is 2. The van der Waals surface area contributed by atoms with Gasteiger partial charge < -0.3 is 0 Å². The monoisotopic (exact) mass is 327 g/mol. The van der Waals surface area contributed by atoms with Gasteiger partial charge >= 0.3 is 0 Å². The van der Waals surface area contributed by atoms with E-state index in [1.807, 2.05) is 32.0 Å². The Morgan fingerprint density at radius 2 is 1.71 bits per heavy atom. The number of hydrogen-bond acceptors (Lipinski definition) is 2. The lowest BCUT2D eigenvalue weighted by molar-refractivity contribution is 0.0636. The fourth-order valence-corrected chi connectivity index (χ4v) is 4.01. The van der Waals surface area contributed by atoms with Gasteiger partial charge in [-0.15, -0.1) is 0 Å². The van der Waals surface area contributed by atoms with E-state index in [1.54, 1.807) is 0 Å². The molecule has 3 heteroatoms. The second-order valence-electron chi connectivity index (χ2n) is 8.16. The summed E-state index contributed by atoms with van der Waals surface area (Å²) >= 11 is 0. The predicted molar refractivity (Wildman–Crippen MR) is 96.1 cm³/mol. The quantitative estimate of drug-likeness (QED) is 0.735. The minimum Gasteiger partial charge on any atom is -0.274 e. The fraction of sp³-hybridized carbons (Fsp3) is 0.619. The maximum atomic E-state index is 12.5. The third kappa shape index (κ3) is 3.55. The molecule has 2 amide bonds. The molecule has 1 aromatic carbocycles. The van der Waals surface area contributed by atoms with Crippen LogP contribution in [-0.2, 0) is 6.42 Å². The minimum absolute atomic E-state index is 0.114. The number of benzene rings is 1. The summed E-state index contributed by atoms with van der Waals surface area (Å²) in [5.41, 5.74) is 2.38. The first-order valence-corrected chi connectivity index (χ1v) is 9.44. The molecule has 0 N–H and O–H groups in total. The highest BCUT2D eigenvalue weighted by molar-refractivity contribution is 6.21. The van der Waals surface area contributed by atoms with Crippen LogP contribution in [0.5, 0.6) is 0 Å². The third-order valence-corrected chi connectivity index (χ3v) is 5.56. The molecule has 24 heavy (non-hydrogen) atoms. The zero-order chi connectivity index (χ0) is 17.3. The van der Waals surface area contributed by atoms with Gasteiger partial charge in [-0.1, -0.05) is 52.5 Å². The van der Waals surface area contributed by atoms with E-state index in [0.717, 1.165) is 18.3 Å². The van der Waals surface area contributed by atoms with Crippen LogP contribution in [0.3, 0.4) is 0 Å². The van der Waals surface area contributed by atoms with Crippen molar-refractivity contribution in [2.45, 2.75) is 59.3 Å². The zero-order valence-electron chi connectivity index (χ0n) is 15.2. The number of nitrogens with zero attached hydrogens (tertiary/aromatic N) is 1. The van der Waals surface area contributed by atoms with Crippen molar-refractivity contribution in [3.63, 3.8) is 0 Å². The van der Waals surface area contributed by atoms with Crippen LogP contribution in [0, 0.1) is 17.8 Å². The molecule has 1 aliphatic heterocycles. The summed E-state index contributed by atoms with van der Waals surface area (Å²) in [6, 6.07) is 5.85. The van der Waals surface area contributed by atoms with Crippen molar-refractivity contribution in [1.29, 1.82) is 0 Å². The molecule has 0 bridgehead atoms. The number of aryl methyl sites for hydroxylation is 1. The molecule has 1 fully saturated rings.